The molecular weight excluding hydrogens is 300 g/mol. The van der Waals surface area contributed by atoms with Crippen LogP contribution in [0.25, 0.3) is 0 Å². The first kappa shape index (κ1) is 23.0. The van der Waals surface area contributed by atoms with Crippen molar-refractivity contribution in [2.24, 2.45) is 0 Å². The van der Waals surface area contributed by atoms with Gasteiger partial charge in [0.25, 0.3) is 0 Å². The van der Waals surface area contributed by atoms with Gasteiger partial charge in [-0.2, -0.15) is 0 Å². The van der Waals surface area contributed by atoms with Crippen molar-refractivity contribution in [2.75, 3.05) is 6.61 Å². The van der Waals surface area contributed by atoms with Crippen molar-refractivity contribution >= 4 is 5.97 Å². The summed E-state index contributed by atoms with van der Waals surface area (Å²) >= 11 is 0. The molecule has 0 aliphatic heterocycles. The summed E-state index contributed by atoms with van der Waals surface area (Å²) in [6.07, 6.45) is 15.1. The highest BCUT2D eigenvalue weighted by Crippen LogP contribution is 2.12. The Kier molecular flexibility index (Phi) is 17.6. The van der Waals surface area contributed by atoms with Crippen LogP contribution in [0.3, 0.4) is 0 Å². The molecule has 0 aromatic heterocycles. The largest absolute Gasteiger partial charge is 0.466 e. The Balaban J connectivity index is 3.19. The molecule has 1 atom stereocenters. The van der Waals surface area contributed by atoms with Gasteiger partial charge in [0.2, 0.25) is 0 Å². The quantitative estimate of drug-likeness (QED) is 0.247. The van der Waals surface area contributed by atoms with Gasteiger partial charge in [0.1, 0.15) is 6.10 Å². The van der Waals surface area contributed by atoms with E-state index in [0.29, 0.717) is 13.0 Å². The number of carbonyl (C=O) groups excluding carboxylic acids is 1. The summed E-state index contributed by atoms with van der Waals surface area (Å²) in [5, 5.41) is 9.48. The van der Waals surface area contributed by atoms with Gasteiger partial charge in [-0.3, -0.25) is 4.79 Å². The SMILES string of the molecule is CCC[C@H](O)C#CCCCCCCCCCCCCC(=O)OCC. The molecule has 0 saturated heterocycles. The maximum absolute atomic E-state index is 11.2. The molecule has 140 valence electrons. The number of aliphatic hydroxyl groups excluding tert-OH is 1. The first-order valence-corrected chi connectivity index (χ1v) is 10.0. The average molecular weight is 339 g/mol. The van der Waals surface area contributed by atoms with Crippen molar-refractivity contribution in [1.29, 1.82) is 0 Å². The topological polar surface area (TPSA) is 46.5 Å². The zero-order chi connectivity index (χ0) is 17.9. The number of hydrogen-bond donors (Lipinski definition) is 1. The Morgan fingerprint density at radius 2 is 1.46 bits per heavy atom. The first-order valence-electron chi connectivity index (χ1n) is 10.0. The number of ether oxygens (including phenoxy) is 1. The van der Waals surface area contributed by atoms with Crippen molar-refractivity contribution in [2.45, 2.75) is 110 Å². The molecule has 0 aliphatic carbocycles. The second kappa shape index (κ2) is 18.3. The number of carbonyl (C=O) groups is 1. The molecule has 0 aromatic carbocycles. The molecule has 0 radical (unpaired) electrons. The molecule has 3 heteroatoms. The van der Waals surface area contributed by atoms with E-state index in [2.05, 4.69) is 18.8 Å². The van der Waals surface area contributed by atoms with Crippen LogP contribution in [0.2, 0.25) is 0 Å². The molecule has 0 saturated carbocycles. The van der Waals surface area contributed by atoms with Gasteiger partial charge in [-0.05, 0) is 26.2 Å². The smallest absolute Gasteiger partial charge is 0.305 e. The lowest BCUT2D eigenvalue weighted by molar-refractivity contribution is -0.143. The molecule has 0 heterocycles. The molecule has 24 heavy (non-hydrogen) atoms. The normalized spacial score (nSPS) is 11.6. The summed E-state index contributed by atoms with van der Waals surface area (Å²) in [6.45, 7) is 4.41. The second-order valence-corrected chi connectivity index (χ2v) is 6.47. The maximum atomic E-state index is 11.2. The van der Waals surface area contributed by atoms with E-state index in [4.69, 9.17) is 4.74 Å². The zero-order valence-corrected chi connectivity index (χ0v) is 15.9. The first-order chi connectivity index (χ1) is 11.7. The van der Waals surface area contributed by atoms with Gasteiger partial charge in [-0.15, -0.1) is 5.92 Å². The van der Waals surface area contributed by atoms with Crippen LogP contribution in [-0.4, -0.2) is 23.8 Å². The second-order valence-electron chi connectivity index (χ2n) is 6.47. The Labute approximate surface area is 149 Å². The minimum atomic E-state index is -0.424. The minimum Gasteiger partial charge on any atom is -0.466 e. The lowest BCUT2D eigenvalue weighted by Gasteiger charge is -2.03. The van der Waals surface area contributed by atoms with Crippen LogP contribution in [0, 0.1) is 11.8 Å². The van der Waals surface area contributed by atoms with Crippen LogP contribution in [0.4, 0.5) is 0 Å². The van der Waals surface area contributed by atoms with Crippen LogP contribution < -0.4 is 0 Å². The summed E-state index contributed by atoms with van der Waals surface area (Å²) in [5.41, 5.74) is 0. The standard InChI is InChI=1S/C21H38O3/c1-3-17-20(22)18-15-13-11-9-7-5-6-8-10-12-14-16-19-21(23)24-4-2/h20,22H,3-14,16-17,19H2,1-2H3/t20-/m0/s1. The Bertz CT molecular complexity index is 341. The van der Waals surface area contributed by atoms with Crippen LogP contribution in [0.15, 0.2) is 0 Å². The number of hydrogen-bond acceptors (Lipinski definition) is 3. The van der Waals surface area contributed by atoms with Crippen LogP contribution in [0.1, 0.15) is 104 Å². The Hall–Kier alpha value is -1.01. The lowest BCUT2D eigenvalue weighted by atomic mass is 10.1. The molecule has 3 nitrogen and oxygen atoms in total. The van der Waals surface area contributed by atoms with Gasteiger partial charge in [0.05, 0.1) is 6.61 Å². The molecular formula is C21H38O3. The fraction of sp³-hybridized carbons (Fsp3) is 0.857. The van der Waals surface area contributed by atoms with E-state index >= 15 is 0 Å². The van der Waals surface area contributed by atoms with Crippen LogP contribution in [-0.2, 0) is 9.53 Å². The molecule has 0 spiro atoms. The third-order valence-electron chi connectivity index (χ3n) is 4.07. The highest BCUT2D eigenvalue weighted by atomic mass is 16.5. The molecule has 0 aliphatic rings. The van der Waals surface area contributed by atoms with E-state index in [-0.39, 0.29) is 5.97 Å². The number of rotatable bonds is 15. The molecule has 0 unspecified atom stereocenters. The molecule has 0 bridgehead atoms. The number of unbranched alkanes of at least 4 members (excludes halogenated alkanes) is 10. The van der Waals surface area contributed by atoms with Gasteiger partial charge >= 0.3 is 5.97 Å². The molecule has 0 aromatic rings. The Morgan fingerprint density at radius 1 is 0.917 bits per heavy atom. The van der Waals surface area contributed by atoms with Crippen molar-refractivity contribution in [3.8, 4) is 11.8 Å². The summed E-state index contributed by atoms with van der Waals surface area (Å²) in [6, 6.07) is 0. The fourth-order valence-corrected chi connectivity index (χ4v) is 2.67. The van der Waals surface area contributed by atoms with Gasteiger partial charge in [-0.1, -0.05) is 70.6 Å². The van der Waals surface area contributed by atoms with E-state index in [1.165, 1.54) is 44.9 Å². The zero-order valence-electron chi connectivity index (χ0n) is 15.9. The van der Waals surface area contributed by atoms with Crippen LogP contribution in [0.5, 0.6) is 0 Å². The minimum absolute atomic E-state index is 0.0536. The summed E-state index contributed by atoms with van der Waals surface area (Å²) in [5.74, 6) is 5.94. The van der Waals surface area contributed by atoms with E-state index < -0.39 is 6.10 Å². The highest BCUT2D eigenvalue weighted by Gasteiger charge is 2.00. The van der Waals surface area contributed by atoms with E-state index in [0.717, 1.165) is 38.5 Å². The summed E-state index contributed by atoms with van der Waals surface area (Å²) in [4.78, 5) is 11.2. The molecule has 0 amide bonds. The molecule has 0 fully saturated rings. The third-order valence-corrected chi connectivity index (χ3v) is 4.07. The number of esters is 1. The fourth-order valence-electron chi connectivity index (χ4n) is 2.67. The Morgan fingerprint density at radius 3 is 2.00 bits per heavy atom. The third kappa shape index (κ3) is 17.3. The highest BCUT2D eigenvalue weighted by molar-refractivity contribution is 5.69. The summed E-state index contributed by atoms with van der Waals surface area (Å²) in [7, 11) is 0. The van der Waals surface area contributed by atoms with Crippen molar-refractivity contribution < 1.29 is 14.6 Å². The predicted molar refractivity (Wildman–Crippen MR) is 101 cm³/mol. The monoisotopic (exact) mass is 338 g/mol. The lowest BCUT2D eigenvalue weighted by Crippen LogP contribution is -2.03. The molecule has 1 N–H and O–H groups in total. The van der Waals surface area contributed by atoms with E-state index in [1.807, 2.05) is 6.92 Å². The van der Waals surface area contributed by atoms with Crippen molar-refractivity contribution in [3.05, 3.63) is 0 Å². The predicted octanol–water partition coefficient (Wildman–Crippen LogP) is 5.40. The number of aliphatic hydroxyl groups is 1. The van der Waals surface area contributed by atoms with Gasteiger partial charge in [-0.25, -0.2) is 0 Å². The summed E-state index contributed by atoms with van der Waals surface area (Å²) < 4.78 is 4.91. The molecule has 0 rings (SSSR count). The van der Waals surface area contributed by atoms with Gasteiger partial charge in [0.15, 0.2) is 0 Å². The van der Waals surface area contributed by atoms with Gasteiger partial charge < -0.3 is 9.84 Å². The average Bonchev–Trinajstić information content (AvgIpc) is 2.55. The van der Waals surface area contributed by atoms with Crippen molar-refractivity contribution in [1.82, 2.24) is 0 Å². The van der Waals surface area contributed by atoms with E-state index in [9.17, 15) is 9.90 Å². The van der Waals surface area contributed by atoms with Crippen molar-refractivity contribution in [3.63, 3.8) is 0 Å². The maximum Gasteiger partial charge on any atom is 0.305 e. The van der Waals surface area contributed by atoms with Gasteiger partial charge in [0, 0.05) is 12.8 Å². The van der Waals surface area contributed by atoms with Crippen LogP contribution >= 0.6 is 0 Å². The van der Waals surface area contributed by atoms with E-state index in [1.54, 1.807) is 0 Å².